The maximum Gasteiger partial charge on any atom is 0.242 e. The first-order valence-electron chi connectivity index (χ1n) is 7.40. The van der Waals surface area contributed by atoms with Gasteiger partial charge in [0.2, 0.25) is 5.91 Å². The van der Waals surface area contributed by atoms with Crippen molar-refractivity contribution >= 4 is 35.8 Å². The monoisotopic (exact) mass is 411 g/mol. The van der Waals surface area contributed by atoms with E-state index >= 15 is 0 Å². The molecule has 6 nitrogen and oxygen atoms in total. The molecule has 124 valence electrons. The van der Waals surface area contributed by atoms with Crippen LogP contribution in [-0.2, 0) is 4.79 Å². The average molecular weight is 411 g/mol. The maximum atomic E-state index is 11.6. The second kappa shape index (κ2) is 9.45. The fourth-order valence-corrected chi connectivity index (χ4v) is 2.44. The molecular weight excluding hydrogens is 381 g/mol. The summed E-state index contributed by atoms with van der Waals surface area (Å²) in [7, 11) is 0. The van der Waals surface area contributed by atoms with Crippen LogP contribution in [0.2, 0.25) is 0 Å². The molecule has 0 bridgehead atoms. The lowest BCUT2D eigenvalue weighted by Crippen LogP contribution is -2.44. The van der Waals surface area contributed by atoms with E-state index < -0.39 is 0 Å². The molecule has 1 heterocycles. The summed E-state index contributed by atoms with van der Waals surface area (Å²) in [4.78, 5) is 18.1. The number of halogens is 1. The van der Waals surface area contributed by atoms with E-state index in [1.54, 1.807) is 0 Å². The number of guanidine groups is 1. The van der Waals surface area contributed by atoms with Crippen LogP contribution in [0.15, 0.2) is 4.99 Å². The summed E-state index contributed by atoms with van der Waals surface area (Å²) in [5, 5.41) is 5.96. The molecule has 1 aliphatic rings. The van der Waals surface area contributed by atoms with Crippen LogP contribution in [-0.4, -0.2) is 54.5 Å². The largest absolute Gasteiger partial charge is 0.370 e. The predicted octanol–water partition coefficient (Wildman–Crippen LogP) is 0.908. The van der Waals surface area contributed by atoms with Crippen molar-refractivity contribution in [3.63, 3.8) is 0 Å². The number of nitrogens with two attached hydrogens (primary N) is 1. The molecule has 1 aliphatic heterocycles. The van der Waals surface area contributed by atoms with Crippen molar-refractivity contribution < 1.29 is 4.79 Å². The van der Waals surface area contributed by atoms with E-state index in [9.17, 15) is 4.79 Å². The number of nitrogens with zero attached hydrogens (tertiary/aromatic N) is 2. The van der Waals surface area contributed by atoms with Gasteiger partial charge in [-0.3, -0.25) is 9.69 Å². The molecule has 1 unspecified atom stereocenters. The first kappa shape index (κ1) is 20.4. The zero-order valence-corrected chi connectivity index (χ0v) is 15.9. The molecule has 0 radical (unpaired) electrons. The van der Waals surface area contributed by atoms with Gasteiger partial charge in [0, 0.05) is 18.1 Å². The van der Waals surface area contributed by atoms with Gasteiger partial charge in [0.1, 0.15) is 6.54 Å². The molecule has 0 aliphatic carbocycles. The third kappa shape index (κ3) is 8.45. The normalized spacial score (nSPS) is 20.0. The minimum atomic E-state index is -0.236. The van der Waals surface area contributed by atoms with Crippen LogP contribution >= 0.6 is 24.0 Å². The van der Waals surface area contributed by atoms with Gasteiger partial charge in [-0.05, 0) is 46.7 Å². The van der Waals surface area contributed by atoms with Crippen LogP contribution in [0, 0.1) is 0 Å². The Hall–Kier alpha value is -0.570. The van der Waals surface area contributed by atoms with Crippen LogP contribution in [0.5, 0.6) is 0 Å². The molecule has 0 aromatic heterocycles. The molecule has 0 saturated carbocycles. The van der Waals surface area contributed by atoms with Gasteiger partial charge in [-0.1, -0.05) is 6.92 Å². The van der Waals surface area contributed by atoms with Crippen molar-refractivity contribution in [2.45, 2.75) is 52.1 Å². The number of carbonyl (C=O) groups is 1. The molecule has 1 fully saturated rings. The molecule has 1 rings (SSSR count). The molecule has 0 aromatic carbocycles. The minimum absolute atomic E-state index is 0. The van der Waals surface area contributed by atoms with E-state index in [2.05, 4.69) is 27.4 Å². The summed E-state index contributed by atoms with van der Waals surface area (Å²) in [6.07, 6.45) is 2.43. The summed E-state index contributed by atoms with van der Waals surface area (Å²) >= 11 is 0. The zero-order valence-electron chi connectivity index (χ0n) is 13.6. The van der Waals surface area contributed by atoms with Gasteiger partial charge in [-0.15, -0.1) is 24.0 Å². The Morgan fingerprint density at radius 3 is 2.67 bits per heavy atom. The Bertz CT molecular complexity index is 354. The molecule has 4 N–H and O–H groups in total. The summed E-state index contributed by atoms with van der Waals surface area (Å²) in [6, 6.07) is 0.525. The van der Waals surface area contributed by atoms with Crippen molar-refractivity contribution in [2.75, 3.05) is 26.2 Å². The summed E-state index contributed by atoms with van der Waals surface area (Å²) in [5.74, 6) is 0.232. The predicted molar refractivity (Wildman–Crippen MR) is 98.1 cm³/mol. The van der Waals surface area contributed by atoms with Gasteiger partial charge in [-0.2, -0.15) is 0 Å². The molecular formula is C14H30IN5O. The highest BCUT2D eigenvalue weighted by molar-refractivity contribution is 14.0. The van der Waals surface area contributed by atoms with Crippen molar-refractivity contribution in [3.8, 4) is 0 Å². The summed E-state index contributed by atoms with van der Waals surface area (Å²) < 4.78 is 0. The standard InChI is InChI=1S/C14H29N5O.HI/c1-5-19-8-6-7-11(19)9-16-13(15)17-10-12(20)18-14(2,3)4;/h11H,5-10H2,1-4H3,(H,18,20)(H3,15,16,17);1H. The lowest BCUT2D eigenvalue weighted by atomic mass is 10.1. The number of hydrogen-bond acceptors (Lipinski definition) is 3. The number of aliphatic imine (C=N–C) groups is 1. The third-order valence-corrected chi connectivity index (χ3v) is 3.33. The smallest absolute Gasteiger partial charge is 0.242 e. The number of hydrogen-bond donors (Lipinski definition) is 3. The second-order valence-electron chi connectivity index (χ2n) is 6.31. The van der Waals surface area contributed by atoms with Crippen molar-refractivity contribution in [3.05, 3.63) is 0 Å². The van der Waals surface area contributed by atoms with Gasteiger partial charge in [-0.25, -0.2) is 4.99 Å². The number of amides is 1. The first-order valence-corrected chi connectivity index (χ1v) is 7.40. The highest BCUT2D eigenvalue weighted by Gasteiger charge is 2.22. The Labute approximate surface area is 145 Å². The Kier molecular flexibility index (Phi) is 9.19. The van der Waals surface area contributed by atoms with Gasteiger partial charge in [0.25, 0.3) is 0 Å². The van der Waals surface area contributed by atoms with E-state index in [4.69, 9.17) is 5.73 Å². The maximum absolute atomic E-state index is 11.6. The van der Waals surface area contributed by atoms with Crippen molar-refractivity contribution in [2.24, 2.45) is 10.7 Å². The van der Waals surface area contributed by atoms with Crippen LogP contribution in [0.25, 0.3) is 0 Å². The molecule has 7 heteroatoms. The van der Waals surface area contributed by atoms with E-state index in [0.29, 0.717) is 12.0 Å². The minimum Gasteiger partial charge on any atom is -0.370 e. The Morgan fingerprint density at radius 2 is 2.10 bits per heavy atom. The zero-order chi connectivity index (χ0) is 15.2. The molecule has 21 heavy (non-hydrogen) atoms. The topological polar surface area (TPSA) is 82.8 Å². The highest BCUT2D eigenvalue weighted by atomic mass is 127. The lowest BCUT2D eigenvalue weighted by molar-refractivity contribution is -0.121. The van der Waals surface area contributed by atoms with Gasteiger partial charge in [0.05, 0.1) is 0 Å². The highest BCUT2D eigenvalue weighted by Crippen LogP contribution is 2.15. The Morgan fingerprint density at radius 1 is 1.43 bits per heavy atom. The summed E-state index contributed by atoms with van der Waals surface area (Å²) in [6.45, 7) is 11.1. The van der Waals surface area contributed by atoms with E-state index in [1.165, 1.54) is 12.8 Å². The van der Waals surface area contributed by atoms with Crippen molar-refractivity contribution in [1.82, 2.24) is 15.5 Å². The molecule has 1 atom stereocenters. The van der Waals surface area contributed by atoms with Gasteiger partial charge >= 0.3 is 0 Å². The number of likely N-dealkylation sites (N-methyl/N-ethyl adjacent to an activating group) is 1. The number of nitrogens with one attached hydrogen (secondary N) is 2. The Balaban J connectivity index is 0.00000400. The second-order valence-corrected chi connectivity index (χ2v) is 6.31. The first-order chi connectivity index (χ1) is 9.31. The van der Waals surface area contributed by atoms with Gasteiger partial charge in [0.15, 0.2) is 5.96 Å². The SMILES string of the molecule is CCN1CCCC1CNC(N)=NCC(=O)NC(C)(C)C.I. The van der Waals surface area contributed by atoms with Gasteiger partial charge < -0.3 is 16.4 Å². The van der Waals surface area contributed by atoms with E-state index in [1.807, 2.05) is 20.8 Å². The lowest BCUT2D eigenvalue weighted by Gasteiger charge is -2.23. The molecule has 0 aromatic rings. The number of carbonyl (C=O) groups excluding carboxylic acids is 1. The van der Waals surface area contributed by atoms with Crippen LogP contribution in [0.4, 0.5) is 0 Å². The average Bonchev–Trinajstić information content (AvgIpc) is 2.79. The fourth-order valence-electron chi connectivity index (χ4n) is 2.44. The van der Waals surface area contributed by atoms with Crippen LogP contribution in [0.3, 0.4) is 0 Å². The number of likely N-dealkylation sites (tertiary alicyclic amines) is 1. The number of rotatable bonds is 5. The fraction of sp³-hybridized carbons (Fsp3) is 0.857. The van der Waals surface area contributed by atoms with Crippen LogP contribution in [0.1, 0.15) is 40.5 Å². The third-order valence-electron chi connectivity index (χ3n) is 3.33. The quantitative estimate of drug-likeness (QED) is 0.357. The van der Waals surface area contributed by atoms with E-state index in [0.717, 1.165) is 19.6 Å². The van der Waals surface area contributed by atoms with Crippen LogP contribution < -0.4 is 16.4 Å². The van der Waals surface area contributed by atoms with E-state index in [-0.39, 0.29) is 42.0 Å². The summed E-state index contributed by atoms with van der Waals surface area (Å²) in [5.41, 5.74) is 5.56. The molecule has 1 saturated heterocycles. The molecule has 1 amide bonds. The molecule has 0 spiro atoms. The van der Waals surface area contributed by atoms with Crippen molar-refractivity contribution in [1.29, 1.82) is 0 Å².